The van der Waals surface area contributed by atoms with Crippen molar-refractivity contribution in [2.45, 2.75) is 13.8 Å². The highest BCUT2D eigenvalue weighted by Gasteiger charge is 2.20. The van der Waals surface area contributed by atoms with Crippen molar-refractivity contribution in [2.75, 3.05) is 39.8 Å². The van der Waals surface area contributed by atoms with Crippen molar-refractivity contribution >= 4 is 34.3 Å². The Hall–Kier alpha value is -2.18. The molecular formula is C19H23ClN4O2. The molecule has 0 bridgehead atoms. The van der Waals surface area contributed by atoms with Gasteiger partial charge in [-0.1, -0.05) is 23.2 Å². The number of amides is 2. The highest BCUT2D eigenvalue weighted by molar-refractivity contribution is 6.33. The molecule has 2 heterocycles. The Labute approximate surface area is 158 Å². The van der Waals surface area contributed by atoms with Crippen molar-refractivity contribution in [1.82, 2.24) is 20.1 Å². The second kappa shape index (κ2) is 7.60. The fraction of sp³-hybridized carbons (Fsp3) is 0.421. The molecule has 0 atom stereocenters. The number of aromatic nitrogens is 1. The third-order valence-electron chi connectivity index (χ3n) is 4.71. The molecule has 0 aliphatic carbocycles. The summed E-state index contributed by atoms with van der Waals surface area (Å²) in [5.74, 6) is -0.464. The van der Waals surface area contributed by atoms with E-state index in [9.17, 15) is 9.59 Å². The Morgan fingerprint density at radius 3 is 2.54 bits per heavy atom. The highest BCUT2D eigenvalue weighted by Crippen LogP contribution is 2.24. The number of carbonyl (C=O) groups excluding carboxylic acids is 2. The molecule has 2 aromatic rings. The summed E-state index contributed by atoms with van der Waals surface area (Å²) >= 11 is 6.22. The van der Waals surface area contributed by atoms with Crippen LogP contribution in [0.15, 0.2) is 18.2 Å². The summed E-state index contributed by atoms with van der Waals surface area (Å²) < 4.78 is 0. The summed E-state index contributed by atoms with van der Waals surface area (Å²) in [7, 11) is 2.03. The third kappa shape index (κ3) is 3.97. The van der Waals surface area contributed by atoms with E-state index in [2.05, 4.69) is 15.2 Å². The maximum absolute atomic E-state index is 12.5. The van der Waals surface area contributed by atoms with Crippen LogP contribution in [0.2, 0.25) is 5.15 Å². The van der Waals surface area contributed by atoms with Gasteiger partial charge in [-0.25, -0.2) is 4.98 Å². The van der Waals surface area contributed by atoms with Crippen molar-refractivity contribution in [1.29, 1.82) is 0 Å². The van der Waals surface area contributed by atoms with Gasteiger partial charge >= 0.3 is 0 Å². The molecule has 1 aliphatic heterocycles. The van der Waals surface area contributed by atoms with Crippen LogP contribution in [0.25, 0.3) is 10.9 Å². The van der Waals surface area contributed by atoms with Crippen LogP contribution in [0.5, 0.6) is 0 Å². The van der Waals surface area contributed by atoms with Crippen molar-refractivity contribution in [3.8, 4) is 0 Å². The monoisotopic (exact) mass is 374 g/mol. The van der Waals surface area contributed by atoms with E-state index in [0.717, 1.165) is 35.1 Å². The lowest BCUT2D eigenvalue weighted by Crippen LogP contribution is -2.50. The van der Waals surface area contributed by atoms with E-state index >= 15 is 0 Å². The minimum absolute atomic E-state index is 0.0379. The van der Waals surface area contributed by atoms with Crippen LogP contribution in [0, 0.1) is 13.8 Å². The number of halogens is 1. The first-order valence-corrected chi connectivity index (χ1v) is 9.05. The molecule has 3 rings (SSSR count). The smallest absolute Gasteiger partial charge is 0.254 e. The second-order valence-electron chi connectivity index (χ2n) is 6.85. The van der Waals surface area contributed by atoms with E-state index in [-0.39, 0.29) is 29.1 Å². The number of aryl methyl sites for hydroxylation is 2. The van der Waals surface area contributed by atoms with Crippen molar-refractivity contribution in [2.24, 2.45) is 0 Å². The Morgan fingerprint density at radius 2 is 1.85 bits per heavy atom. The molecule has 0 saturated carbocycles. The molecule has 6 nitrogen and oxygen atoms in total. The van der Waals surface area contributed by atoms with Crippen LogP contribution in [0.1, 0.15) is 21.5 Å². The van der Waals surface area contributed by atoms with Gasteiger partial charge in [0.15, 0.2) is 0 Å². The van der Waals surface area contributed by atoms with Crippen LogP contribution < -0.4 is 5.32 Å². The van der Waals surface area contributed by atoms with Crippen molar-refractivity contribution in [3.63, 3.8) is 0 Å². The summed E-state index contributed by atoms with van der Waals surface area (Å²) in [5, 5.41) is 3.68. The predicted octanol–water partition coefficient (Wildman–Crippen LogP) is 2.01. The summed E-state index contributed by atoms with van der Waals surface area (Å²) in [4.78, 5) is 33.1. The molecular weight excluding hydrogens is 352 g/mol. The lowest BCUT2D eigenvalue weighted by Gasteiger charge is -2.32. The van der Waals surface area contributed by atoms with Gasteiger partial charge in [0.25, 0.3) is 5.91 Å². The average Bonchev–Trinajstić information content (AvgIpc) is 2.60. The van der Waals surface area contributed by atoms with Crippen LogP contribution in [0.3, 0.4) is 0 Å². The van der Waals surface area contributed by atoms with Gasteiger partial charge in [-0.05, 0) is 38.6 Å². The van der Waals surface area contributed by atoms with Crippen LogP contribution in [0.4, 0.5) is 0 Å². The number of nitrogens with one attached hydrogen (secondary N) is 1. The van der Waals surface area contributed by atoms with E-state index in [4.69, 9.17) is 11.6 Å². The summed E-state index contributed by atoms with van der Waals surface area (Å²) in [6.45, 7) is 6.98. The van der Waals surface area contributed by atoms with E-state index in [1.165, 1.54) is 0 Å². The number of piperazine rings is 1. The lowest BCUT2D eigenvalue weighted by molar-refractivity contribution is -0.131. The topological polar surface area (TPSA) is 65.5 Å². The zero-order valence-corrected chi connectivity index (χ0v) is 16.1. The quantitative estimate of drug-likeness (QED) is 0.835. The zero-order valence-electron chi connectivity index (χ0n) is 15.3. The van der Waals surface area contributed by atoms with Gasteiger partial charge in [-0.3, -0.25) is 9.59 Å². The first kappa shape index (κ1) is 18.6. The third-order valence-corrected chi connectivity index (χ3v) is 5.00. The van der Waals surface area contributed by atoms with Crippen molar-refractivity contribution in [3.05, 3.63) is 40.0 Å². The van der Waals surface area contributed by atoms with Gasteiger partial charge < -0.3 is 15.1 Å². The molecule has 7 heteroatoms. The van der Waals surface area contributed by atoms with Crippen LogP contribution in [-0.2, 0) is 4.79 Å². The molecule has 1 saturated heterocycles. The Bertz CT molecular complexity index is 860. The fourth-order valence-electron chi connectivity index (χ4n) is 3.21. The first-order chi connectivity index (χ1) is 12.3. The highest BCUT2D eigenvalue weighted by atomic mass is 35.5. The van der Waals surface area contributed by atoms with E-state index < -0.39 is 0 Å². The number of pyridine rings is 1. The molecule has 2 amide bonds. The molecule has 1 aliphatic rings. The molecule has 1 N–H and O–H groups in total. The number of rotatable bonds is 3. The zero-order chi connectivity index (χ0) is 18.8. The van der Waals surface area contributed by atoms with E-state index in [0.29, 0.717) is 13.1 Å². The van der Waals surface area contributed by atoms with Crippen LogP contribution >= 0.6 is 11.6 Å². The predicted molar refractivity (Wildman–Crippen MR) is 103 cm³/mol. The van der Waals surface area contributed by atoms with Gasteiger partial charge in [0.2, 0.25) is 5.91 Å². The van der Waals surface area contributed by atoms with Gasteiger partial charge in [0.1, 0.15) is 5.15 Å². The van der Waals surface area contributed by atoms with Gasteiger partial charge in [0.05, 0.1) is 17.6 Å². The molecule has 26 heavy (non-hydrogen) atoms. The van der Waals surface area contributed by atoms with Crippen molar-refractivity contribution < 1.29 is 9.59 Å². The second-order valence-corrected chi connectivity index (χ2v) is 7.21. The summed E-state index contributed by atoms with van der Waals surface area (Å²) in [6.07, 6.45) is 0. The van der Waals surface area contributed by atoms with E-state index in [1.54, 1.807) is 11.0 Å². The fourth-order valence-corrected chi connectivity index (χ4v) is 3.43. The average molecular weight is 375 g/mol. The molecule has 1 aromatic heterocycles. The normalized spacial score (nSPS) is 15.3. The van der Waals surface area contributed by atoms with E-state index in [1.807, 2.05) is 33.0 Å². The minimum Gasteiger partial charge on any atom is -0.343 e. The Morgan fingerprint density at radius 1 is 1.15 bits per heavy atom. The maximum Gasteiger partial charge on any atom is 0.254 e. The molecule has 138 valence electrons. The molecule has 0 unspecified atom stereocenters. The van der Waals surface area contributed by atoms with Gasteiger partial charge in [0, 0.05) is 31.6 Å². The lowest BCUT2D eigenvalue weighted by atomic mass is 10.1. The van der Waals surface area contributed by atoms with Gasteiger partial charge in [-0.15, -0.1) is 0 Å². The number of carbonyl (C=O) groups is 2. The first-order valence-electron chi connectivity index (χ1n) is 8.67. The number of fused-ring (bicyclic) bond motifs is 1. The number of benzene rings is 1. The molecule has 1 aromatic carbocycles. The Kier molecular flexibility index (Phi) is 5.44. The molecule has 0 radical (unpaired) electrons. The molecule has 0 spiro atoms. The Balaban J connectivity index is 1.71. The number of hydrogen-bond donors (Lipinski definition) is 1. The number of likely N-dealkylation sites (N-methyl/N-ethyl adjacent to an activating group) is 1. The maximum atomic E-state index is 12.5. The minimum atomic E-state index is -0.383. The van der Waals surface area contributed by atoms with Gasteiger partial charge in [-0.2, -0.15) is 0 Å². The SMILES string of the molecule is Cc1cc(C)c2nc(Cl)c(C(=O)NCC(=O)N3CCN(C)CC3)cc2c1. The standard InChI is InChI=1S/C19H23ClN4O2/c1-12-8-13(2)17-14(9-12)10-15(18(20)22-17)19(26)21-11-16(25)24-6-4-23(3)5-7-24/h8-10H,4-7,11H2,1-3H3,(H,21,26). The number of nitrogens with zero attached hydrogens (tertiary/aromatic N) is 3. The largest absolute Gasteiger partial charge is 0.343 e. The molecule has 1 fully saturated rings. The summed E-state index contributed by atoms with van der Waals surface area (Å²) in [6, 6.07) is 5.73. The van der Waals surface area contributed by atoms with Crippen LogP contribution in [-0.4, -0.2) is 66.4 Å². The summed E-state index contributed by atoms with van der Waals surface area (Å²) in [5.41, 5.74) is 3.18. The number of hydrogen-bond acceptors (Lipinski definition) is 4.